The number of aryl methyl sites for hydroxylation is 2. The molecule has 0 aliphatic carbocycles. The molecular formula is C13H17N3O. The van der Waals surface area contributed by atoms with Gasteiger partial charge in [-0.05, 0) is 32.4 Å². The van der Waals surface area contributed by atoms with Gasteiger partial charge in [-0.3, -0.25) is 9.48 Å². The van der Waals surface area contributed by atoms with Gasteiger partial charge in [-0.1, -0.05) is 0 Å². The topological polar surface area (TPSA) is 39.8 Å². The highest BCUT2D eigenvalue weighted by Crippen LogP contribution is 2.13. The van der Waals surface area contributed by atoms with Gasteiger partial charge in [0.1, 0.15) is 0 Å². The lowest BCUT2D eigenvalue weighted by Gasteiger charge is -2.09. The van der Waals surface area contributed by atoms with Gasteiger partial charge in [0.05, 0.1) is 0 Å². The van der Waals surface area contributed by atoms with Crippen LogP contribution in [0.4, 0.5) is 0 Å². The van der Waals surface area contributed by atoms with Crippen LogP contribution in [0.15, 0.2) is 24.5 Å². The third-order valence-corrected chi connectivity index (χ3v) is 3.07. The van der Waals surface area contributed by atoms with Crippen LogP contribution in [-0.2, 0) is 13.1 Å². The van der Waals surface area contributed by atoms with Gasteiger partial charge < -0.3 is 4.57 Å². The molecular weight excluding hydrogens is 214 g/mol. The van der Waals surface area contributed by atoms with Crippen LogP contribution in [-0.4, -0.2) is 20.6 Å². The van der Waals surface area contributed by atoms with E-state index in [4.69, 9.17) is 0 Å². The van der Waals surface area contributed by atoms with Gasteiger partial charge in [0, 0.05) is 42.4 Å². The first-order chi connectivity index (χ1) is 8.22. The average Bonchev–Trinajstić information content (AvgIpc) is 2.91. The zero-order chi connectivity index (χ0) is 12.3. The first kappa shape index (κ1) is 11.6. The minimum absolute atomic E-state index is 0.793. The van der Waals surface area contributed by atoms with Gasteiger partial charge in [0.15, 0.2) is 6.29 Å². The highest BCUT2D eigenvalue weighted by molar-refractivity contribution is 5.77. The molecule has 0 spiro atoms. The molecule has 0 amide bonds. The second-order valence-corrected chi connectivity index (χ2v) is 4.22. The molecule has 0 saturated heterocycles. The number of aldehydes is 1. The molecule has 4 heteroatoms. The lowest BCUT2D eigenvalue weighted by atomic mass is 10.3. The predicted molar refractivity (Wildman–Crippen MR) is 66.1 cm³/mol. The van der Waals surface area contributed by atoms with Gasteiger partial charge >= 0.3 is 0 Å². The van der Waals surface area contributed by atoms with E-state index in [-0.39, 0.29) is 0 Å². The average molecular weight is 231 g/mol. The molecule has 2 rings (SSSR count). The fraction of sp³-hybridized carbons (Fsp3) is 0.385. The first-order valence-electron chi connectivity index (χ1n) is 5.81. The number of hydrogen-bond acceptors (Lipinski definition) is 2. The molecule has 0 atom stereocenters. The van der Waals surface area contributed by atoms with Crippen molar-refractivity contribution in [2.45, 2.75) is 33.4 Å². The Kier molecular flexibility index (Phi) is 3.42. The molecule has 0 bridgehead atoms. The Morgan fingerprint density at radius 1 is 1.35 bits per heavy atom. The minimum atomic E-state index is 0.793. The summed E-state index contributed by atoms with van der Waals surface area (Å²) in [6, 6.07) is 3.87. The van der Waals surface area contributed by atoms with Crippen LogP contribution in [0.5, 0.6) is 0 Å². The summed E-state index contributed by atoms with van der Waals surface area (Å²) in [6.45, 7) is 5.85. The zero-order valence-corrected chi connectivity index (χ0v) is 10.3. The Bertz CT molecular complexity index is 497. The van der Waals surface area contributed by atoms with E-state index in [9.17, 15) is 4.79 Å². The largest absolute Gasteiger partial charge is 0.348 e. The number of carbonyl (C=O) groups is 1. The number of carbonyl (C=O) groups excluding carboxylic acids is 1. The van der Waals surface area contributed by atoms with Crippen molar-refractivity contribution in [2.75, 3.05) is 0 Å². The Hall–Kier alpha value is -1.84. The highest BCUT2D eigenvalue weighted by Gasteiger charge is 2.07. The standard InChI is InChI=1S/C13H17N3O/c1-11-9-13(10-17)12(2)16(11)8-4-7-15-6-3-5-14-15/h3,5-6,9-10H,4,7-8H2,1-2H3. The van der Waals surface area contributed by atoms with Gasteiger partial charge in [-0.2, -0.15) is 5.10 Å². The van der Waals surface area contributed by atoms with Crippen molar-refractivity contribution in [1.82, 2.24) is 14.3 Å². The quantitative estimate of drug-likeness (QED) is 0.740. The number of hydrogen-bond donors (Lipinski definition) is 0. The molecule has 0 fully saturated rings. The van der Waals surface area contributed by atoms with E-state index in [2.05, 4.69) is 9.67 Å². The van der Waals surface area contributed by atoms with Crippen LogP contribution in [0.3, 0.4) is 0 Å². The summed E-state index contributed by atoms with van der Waals surface area (Å²) in [5, 5.41) is 4.16. The zero-order valence-electron chi connectivity index (χ0n) is 10.3. The summed E-state index contributed by atoms with van der Waals surface area (Å²) in [5.74, 6) is 0. The van der Waals surface area contributed by atoms with Crippen LogP contribution in [0.25, 0.3) is 0 Å². The molecule has 2 aromatic heterocycles. The van der Waals surface area contributed by atoms with E-state index in [1.165, 1.54) is 0 Å². The molecule has 0 saturated carbocycles. The van der Waals surface area contributed by atoms with E-state index in [0.717, 1.165) is 42.7 Å². The fourth-order valence-electron chi connectivity index (χ4n) is 2.11. The number of rotatable bonds is 5. The summed E-state index contributed by atoms with van der Waals surface area (Å²) in [6.07, 6.45) is 5.69. The van der Waals surface area contributed by atoms with Crippen molar-refractivity contribution in [2.24, 2.45) is 0 Å². The monoisotopic (exact) mass is 231 g/mol. The van der Waals surface area contributed by atoms with Crippen LogP contribution in [0, 0.1) is 13.8 Å². The Balaban J connectivity index is 1.99. The third-order valence-electron chi connectivity index (χ3n) is 3.07. The molecule has 0 aromatic carbocycles. The normalized spacial score (nSPS) is 10.7. The molecule has 0 aliphatic heterocycles. The van der Waals surface area contributed by atoms with Gasteiger partial charge in [0.25, 0.3) is 0 Å². The van der Waals surface area contributed by atoms with Gasteiger partial charge in [-0.25, -0.2) is 0 Å². The van der Waals surface area contributed by atoms with Crippen molar-refractivity contribution in [3.8, 4) is 0 Å². The molecule has 2 heterocycles. The van der Waals surface area contributed by atoms with Crippen molar-refractivity contribution in [1.29, 1.82) is 0 Å². The second-order valence-electron chi connectivity index (χ2n) is 4.22. The summed E-state index contributed by atoms with van der Waals surface area (Å²) >= 11 is 0. The van der Waals surface area contributed by atoms with E-state index in [1.54, 1.807) is 6.20 Å². The first-order valence-corrected chi connectivity index (χ1v) is 5.81. The Morgan fingerprint density at radius 2 is 2.18 bits per heavy atom. The maximum absolute atomic E-state index is 10.8. The van der Waals surface area contributed by atoms with E-state index in [0.29, 0.717) is 0 Å². The van der Waals surface area contributed by atoms with Crippen LogP contribution < -0.4 is 0 Å². The Morgan fingerprint density at radius 3 is 2.76 bits per heavy atom. The third kappa shape index (κ3) is 2.46. The molecule has 2 aromatic rings. The maximum Gasteiger partial charge on any atom is 0.151 e. The SMILES string of the molecule is Cc1cc(C=O)c(C)n1CCCn1cccn1. The summed E-state index contributed by atoms with van der Waals surface area (Å²) in [7, 11) is 0. The molecule has 17 heavy (non-hydrogen) atoms. The molecule has 90 valence electrons. The van der Waals surface area contributed by atoms with Crippen LogP contribution in [0.1, 0.15) is 28.2 Å². The molecule has 0 radical (unpaired) electrons. The number of aromatic nitrogens is 3. The van der Waals surface area contributed by atoms with Crippen molar-refractivity contribution >= 4 is 6.29 Å². The number of nitrogens with zero attached hydrogens (tertiary/aromatic N) is 3. The molecule has 0 N–H and O–H groups in total. The summed E-state index contributed by atoms with van der Waals surface area (Å²) in [4.78, 5) is 10.8. The Labute approximate surface area is 101 Å². The van der Waals surface area contributed by atoms with Crippen LogP contribution >= 0.6 is 0 Å². The second kappa shape index (κ2) is 4.99. The summed E-state index contributed by atoms with van der Waals surface area (Å²) in [5.41, 5.74) is 2.99. The predicted octanol–water partition coefficient (Wildman–Crippen LogP) is 2.20. The van der Waals surface area contributed by atoms with Crippen molar-refractivity contribution in [3.63, 3.8) is 0 Å². The van der Waals surface area contributed by atoms with E-state index >= 15 is 0 Å². The lowest BCUT2D eigenvalue weighted by Crippen LogP contribution is -2.07. The maximum atomic E-state index is 10.8. The van der Waals surface area contributed by atoms with Crippen molar-refractivity contribution in [3.05, 3.63) is 41.5 Å². The lowest BCUT2D eigenvalue weighted by molar-refractivity contribution is 0.112. The molecule has 0 aliphatic rings. The smallest absolute Gasteiger partial charge is 0.151 e. The highest BCUT2D eigenvalue weighted by atomic mass is 16.1. The molecule has 0 unspecified atom stereocenters. The van der Waals surface area contributed by atoms with Gasteiger partial charge in [-0.15, -0.1) is 0 Å². The fourth-order valence-corrected chi connectivity index (χ4v) is 2.11. The van der Waals surface area contributed by atoms with Crippen LogP contribution in [0.2, 0.25) is 0 Å². The van der Waals surface area contributed by atoms with E-state index in [1.807, 2.05) is 36.9 Å². The molecule has 4 nitrogen and oxygen atoms in total. The minimum Gasteiger partial charge on any atom is -0.348 e. The van der Waals surface area contributed by atoms with E-state index < -0.39 is 0 Å². The van der Waals surface area contributed by atoms with Crippen molar-refractivity contribution < 1.29 is 4.79 Å². The van der Waals surface area contributed by atoms with Gasteiger partial charge in [0.2, 0.25) is 0 Å². The summed E-state index contributed by atoms with van der Waals surface area (Å²) < 4.78 is 4.11.